The molecule has 0 bridgehead atoms. The second-order valence-corrected chi connectivity index (χ2v) is 6.40. The Labute approximate surface area is 136 Å². The molecule has 1 amide bonds. The van der Waals surface area contributed by atoms with Crippen LogP contribution in [0.1, 0.15) is 29.0 Å². The van der Waals surface area contributed by atoms with Gasteiger partial charge < -0.3 is 9.88 Å². The number of rotatable bonds is 1. The molecule has 1 atom stereocenters. The number of halogens is 3. The number of alkyl halides is 3. The lowest BCUT2D eigenvalue weighted by Gasteiger charge is -2.37. The molecule has 1 N–H and O–H groups in total. The first-order valence-corrected chi connectivity index (χ1v) is 8.02. The molecule has 0 unspecified atom stereocenters. The Kier molecular flexibility index (Phi) is 3.52. The largest absolute Gasteiger partial charge is 0.449 e. The van der Waals surface area contributed by atoms with E-state index >= 15 is 0 Å². The molecular weight excluding hydrogens is 321 g/mol. The Morgan fingerprint density at radius 3 is 2.88 bits per heavy atom. The van der Waals surface area contributed by atoms with E-state index in [9.17, 15) is 18.0 Å². The first kappa shape index (κ1) is 15.4. The third-order valence-electron chi connectivity index (χ3n) is 4.87. The maximum absolute atomic E-state index is 12.7. The average molecular weight is 338 g/mol. The van der Waals surface area contributed by atoms with Gasteiger partial charge in [-0.3, -0.25) is 9.69 Å². The highest BCUT2D eigenvalue weighted by atomic mass is 19.4. The fourth-order valence-electron chi connectivity index (χ4n) is 3.64. The number of benzene rings is 1. The monoisotopic (exact) mass is 338 g/mol. The fourth-order valence-corrected chi connectivity index (χ4v) is 3.64. The summed E-state index contributed by atoms with van der Waals surface area (Å²) in [7, 11) is 0. The van der Waals surface area contributed by atoms with E-state index < -0.39 is 12.0 Å². The summed E-state index contributed by atoms with van der Waals surface area (Å²) in [5, 5.41) is 0. The zero-order chi connectivity index (χ0) is 16.9. The van der Waals surface area contributed by atoms with Crippen molar-refractivity contribution in [2.75, 3.05) is 26.2 Å². The van der Waals surface area contributed by atoms with Crippen LogP contribution >= 0.6 is 0 Å². The molecule has 128 valence electrons. The number of carbonyl (C=O) groups excluding carboxylic acids is 1. The Bertz CT molecular complexity index is 785. The summed E-state index contributed by atoms with van der Waals surface area (Å²) in [6.07, 6.45) is -2.27. The van der Waals surface area contributed by atoms with Gasteiger partial charge in [0, 0.05) is 31.2 Å². The molecule has 0 spiro atoms. The molecule has 2 saturated heterocycles. The van der Waals surface area contributed by atoms with Crippen LogP contribution in [0.3, 0.4) is 0 Å². The highest BCUT2D eigenvalue weighted by Gasteiger charge is 2.35. The van der Waals surface area contributed by atoms with Crippen LogP contribution in [0.4, 0.5) is 13.2 Å². The van der Waals surface area contributed by atoms with Crippen molar-refractivity contribution in [2.45, 2.75) is 25.1 Å². The molecule has 0 saturated carbocycles. The molecule has 2 aliphatic heterocycles. The summed E-state index contributed by atoms with van der Waals surface area (Å²) in [6.45, 7) is 3.30. The summed E-state index contributed by atoms with van der Waals surface area (Å²) in [5.41, 5.74) is 0.832. The lowest BCUT2D eigenvalue weighted by atomic mass is 10.1. The fraction of sp³-hybridized carbons (Fsp3) is 0.500. The summed E-state index contributed by atoms with van der Waals surface area (Å²) in [6, 6.07) is 4.88. The Hall–Kier alpha value is -2.09. The maximum atomic E-state index is 12.7. The zero-order valence-electron chi connectivity index (χ0n) is 12.9. The van der Waals surface area contributed by atoms with Gasteiger partial charge in [-0.05, 0) is 37.6 Å². The van der Waals surface area contributed by atoms with Crippen LogP contribution in [0.2, 0.25) is 0 Å². The molecular formula is C16H17F3N4O. The van der Waals surface area contributed by atoms with Gasteiger partial charge >= 0.3 is 6.18 Å². The van der Waals surface area contributed by atoms with Gasteiger partial charge in [-0.1, -0.05) is 0 Å². The van der Waals surface area contributed by atoms with Gasteiger partial charge in [-0.15, -0.1) is 0 Å². The number of imidazole rings is 1. The van der Waals surface area contributed by atoms with Crippen LogP contribution in [-0.4, -0.2) is 57.9 Å². The van der Waals surface area contributed by atoms with Crippen molar-refractivity contribution in [1.29, 1.82) is 0 Å². The third-order valence-corrected chi connectivity index (χ3v) is 4.87. The number of amides is 1. The smallest absolute Gasteiger partial charge is 0.336 e. The van der Waals surface area contributed by atoms with Crippen LogP contribution < -0.4 is 0 Å². The van der Waals surface area contributed by atoms with Crippen molar-refractivity contribution >= 4 is 16.9 Å². The van der Waals surface area contributed by atoms with Crippen molar-refractivity contribution in [3.05, 3.63) is 29.6 Å². The molecule has 1 aromatic carbocycles. The maximum Gasteiger partial charge on any atom is 0.449 e. The van der Waals surface area contributed by atoms with Crippen LogP contribution in [-0.2, 0) is 6.18 Å². The highest BCUT2D eigenvalue weighted by Crippen LogP contribution is 2.29. The van der Waals surface area contributed by atoms with E-state index in [1.165, 1.54) is 12.1 Å². The number of H-pyrrole nitrogens is 1. The number of nitrogens with zero attached hydrogens (tertiary/aromatic N) is 3. The number of aromatic amines is 1. The summed E-state index contributed by atoms with van der Waals surface area (Å²) in [5.74, 6) is -1.17. The Balaban J connectivity index is 1.58. The van der Waals surface area contributed by atoms with Gasteiger partial charge in [0.15, 0.2) is 0 Å². The topological polar surface area (TPSA) is 52.2 Å². The van der Waals surface area contributed by atoms with Crippen molar-refractivity contribution in [2.24, 2.45) is 0 Å². The van der Waals surface area contributed by atoms with E-state index in [4.69, 9.17) is 0 Å². The van der Waals surface area contributed by atoms with E-state index in [1.807, 2.05) is 0 Å². The lowest BCUT2D eigenvalue weighted by Crippen LogP contribution is -2.52. The zero-order valence-corrected chi connectivity index (χ0v) is 12.9. The predicted molar refractivity (Wildman–Crippen MR) is 81.6 cm³/mol. The van der Waals surface area contributed by atoms with E-state index in [0.717, 1.165) is 25.9 Å². The van der Waals surface area contributed by atoms with Gasteiger partial charge in [0.05, 0.1) is 11.0 Å². The minimum Gasteiger partial charge on any atom is -0.336 e. The molecule has 2 aliphatic rings. The van der Waals surface area contributed by atoms with Crippen molar-refractivity contribution < 1.29 is 18.0 Å². The van der Waals surface area contributed by atoms with Gasteiger partial charge in [-0.25, -0.2) is 4.98 Å². The van der Waals surface area contributed by atoms with Crippen molar-refractivity contribution in [1.82, 2.24) is 19.8 Å². The van der Waals surface area contributed by atoms with Crippen LogP contribution in [0, 0.1) is 0 Å². The normalized spacial score (nSPS) is 22.1. The summed E-state index contributed by atoms with van der Waals surface area (Å²) < 4.78 is 38.2. The van der Waals surface area contributed by atoms with Crippen LogP contribution in [0.5, 0.6) is 0 Å². The van der Waals surface area contributed by atoms with Crippen LogP contribution in [0.15, 0.2) is 18.2 Å². The van der Waals surface area contributed by atoms with E-state index in [-0.39, 0.29) is 16.9 Å². The van der Waals surface area contributed by atoms with Crippen LogP contribution in [0.25, 0.3) is 11.0 Å². The molecule has 1 aromatic heterocycles. The lowest BCUT2D eigenvalue weighted by molar-refractivity contribution is -0.144. The number of aromatic nitrogens is 2. The first-order valence-electron chi connectivity index (χ1n) is 8.02. The number of carbonyl (C=O) groups is 1. The number of nitrogens with one attached hydrogen (secondary N) is 1. The molecule has 4 rings (SSSR count). The molecule has 0 radical (unpaired) electrons. The Morgan fingerprint density at radius 2 is 2.08 bits per heavy atom. The van der Waals surface area contributed by atoms with E-state index in [0.29, 0.717) is 24.7 Å². The van der Waals surface area contributed by atoms with E-state index in [1.54, 1.807) is 11.0 Å². The minimum absolute atomic E-state index is 0.133. The second kappa shape index (κ2) is 5.47. The second-order valence-electron chi connectivity index (χ2n) is 6.40. The van der Waals surface area contributed by atoms with E-state index in [2.05, 4.69) is 14.9 Å². The number of piperazine rings is 1. The first-order chi connectivity index (χ1) is 11.4. The SMILES string of the molecule is O=C(c1ccc2nc(C(F)(F)F)[nH]c2c1)N1CCN2CCC[C@@H]2C1. The number of hydrogen-bond acceptors (Lipinski definition) is 3. The van der Waals surface area contributed by atoms with Crippen molar-refractivity contribution in [3.8, 4) is 0 Å². The molecule has 2 aromatic rings. The van der Waals surface area contributed by atoms with Crippen molar-refractivity contribution in [3.63, 3.8) is 0 Å². The molecule has 2 fully saturated rings. The summed E-state index contributed by atoms with van der Waals surface area (Å²) >= 11 is 0. The average Bonchev–Trinajstić information content (AvgIpc) is 3.18. The van der Waals surface area contributed by atoms with Gasteiger partial charge in [0.25, 0.3) is 5.91 Å². The Morgan fingerprint density at radius 1 is 1.25 bits per heavy atom. The number of fused-ring (bicyclic) bond motifs is 2. The standard InChI is InChI=1S/C16H17F3N4O/c17-16(18,19)15-20-12-4-3-10(8-13(12)21-15)14(24)23-7-6-22-5-1-2-11(22)9-23/h3-4,8,11H,1-2,5-7,9H2,(H,20,21)/t11-/m1/s1. The molecule has 8 heteroatoms. The summed E-state index contributed by atoms with van der Waals surface area (Å²) in [4.78, 5) is 22.7. The molecule has 24 heavy (non-hydrogen) atoms. The molecule has 5 nitrogen and oxygen atoms in total. The number of hydrogen-bond donors (Lipinski definition) is 1. The third kappa shape index (κ3) is 2.64. The van der Waals surface area contributed by atoms with Gasteiger partial charge in [-0.2, -0.15) is 13.2 Å². The molecule has 3 heterocycles. The molecule has 0 aliphatic carbocycles. The minimum atomic E-state index is -4.53. The highest BCUT2D eigenvalue weighted by molar-refractivity contribution is 5.97. The van der Waals surface area contributed by atoms with Gasteiger partial charge in [0.2, 0.25) is 5.82 Å². The quantitative estimate of drug-likeness (QED) is 0.869. The van der Waals surface area contributed by atoms with Gasteiger partial charge in [0.1, 0.15) is 0 Å². The predicted octanol–water partition coefficient (Wildman–Crippen LogP) is 2.50.